The molecule has 0 radical (unpaired) electrons. The molecule has 3 aromatic rings. The monoisotopic (exact) mass is 467 g/mol. The van der Waals surface area contributed by atoms with Gasteiger partial charge < -0.3 is 14.7 Å². The molecule has 0 spiro atoms. The summed E-state index contributed by atoms with van der Waals surface area (Å²) >= 11 is 6.37. The molecule has 3 rings (SSSR count). The Morgan fingerprint density at radius 1 is 1.15 bits per heavy atom. The van der Waals surface area contributed by atoms with Crippen LogP contribution in [0.3, 0.4) is 0 Å². The van der Waals surface area contributed by atoms with Crippen LogP contribution in [0.1, 0.15) is 38.3 Å². The van der Waals surface area contributed by atoms with Gasteiger partial charge in [0.25, 0.3) is 0 Å². The van der Waals surface area contributed by atoms with Gasteiger partial charge in [-0.15, -0.1) is 0 Å². The summed E-state index contributed by atoms with van der Waals surface area (Å²) in [5.74, 6) is 0.455. The van der Waals surface area contributed by atoms with Crippen LogP contribution in [0.2, 0.25) is 5.02 Å². The molecular formula is C26H30ClN3O3. The fourth-order valence-electron chi connectivity index (χ4n) is 3.73. The van der Waals surface area contributed by atoms with Gasteiger partial charge in [-0.25, -0.2) is 9.97 Å². The molecule has 0 fully saturated rings. The first-order valence-corrected chi connectivity index (χ1v) is 11.5. The predicted molar refractivity (Wildman–Crippen MR) is 132 cm³/mol. The van der Waals surface area contributed by atoms with E-state index in [1.54, 1.807) is 0 Å². The van der Waals surface area contributed by atoms with Crippen molar-refractivity contribution in [3.05, 3.63) is 64.9 Å². The topological polar surface area (TPSA) is 75.6 Å². The highest BCUT2D eigenvalue weighted by molar-refractivity contribution is 6.32. The van der Waals surface area contributed by atoms with Gasteiger partial charge in [-0.1, -0.05) is 36.7 Å². The molecule has 2 aromatic carbocycles. The Morgan fingerprint density at radius 3 is 2.48 bits per heavy atom. The van der Waals surface area contributed by atoms with Crippen LogP contribution in [0.4, 0.5) is 0 Å². The normalized spacial score (nSPS) is 11.2. The van der Waals surface area contributed by atoms with Gasteiger partial charge in [0.15, 0.2) is 5.82 Å². The second kappa shape index (κ2) is 11.3. The van der Waals surface area contributed by atoms with Crippen molar-refractivity contribution in [3.63, 3.8) is 0 Å². The zero-order chi connectivity index (χ0) is 24.0. The maximum atomic E-state index is 10.9. The quantitative estimate of drug-likeness (QED) is 0.411. The van der Waals surface area contributed by atoms with Crippen molar-refractivity contribution in [3.8, 4) is 28.3 Å². The van der Waals surface area contributed by atoms with Crippen molar-refractivity contribution < 1.29 is 14.6 Å². The lowest BCUT2D eigenvalue weighted by Gasteiger charge is -2.20. The zero-order valence-corrected chi connectivity index (χ0v) is 20.3. The van der Waals surface area contributed by atoms with Gasteiger partial charge in [0.2, 0.25) is 0 Å². The summed E-state index contributed by atoms with van der Waals surface area (Å²) in [5.41, 5.74) is 5.25. The van der Waals surface area contributed by atoms with Crippen LogP contribution in [-0.4, -0.2) is 45.6 Å². The first kappa shape index (κ1) is 24.7. The van der Waals surface area contributed by atoms with Crippen molar-refractivity contribution >= 4 is 17.6 Å². The number of halogens is 1. The summed E-state index contributed by atoms with van der Waals surface area (Å²) in [7, 11) is 1.94. The van der Waals surface area contributed by atoms with Crippen molar-refractivity contribution in [1.82, 2.24) is 14.9 Å². The standard InChI is InChI=1S/C26H30ClN3O3/c1-5-21-19(16-30(4)12-11-25(31)32)7-6-8-22(21)20-14-28-26(29-15-20)18-9-10-24(23(27)13-18)33-17(2)3/h6-10,13-15,17H,5,11-12,16H2,1-4H3,(H,31,32). The Balaban J connectivity index is 1.83. The van der Waals surface area contributed by atoms with E-state index in [2.05, 4.69) is 29.0 Å². The van der Waals surface area contributed by atoms with E-state index >= 15 is 0 Å². The fourth-order valence-corrected chi connectivity index (χ4v) is 3.96. The minimum absolute atomic E-state index is 0.0457. The molecule has 0 saturated heterocycles. The van der Waals surface area contributed by atoms with Gasteiger partial charge in [-0.3, -0.25) is 4.79 Å². The fraction of sp³-hybridized carbons (Fsp3) is 0.346. The Morgan fingerprint density at radius 2 is 1.88 bits per heavy atom. The molecule has 0 saturated carbocycles. The van der Waals surface area contributed by atoms with E-state index in [0.29, 0.717) is 29.7 Å². The summed E-state index contributed by atoms with van der Waals surface area (Å²) in [6.45, 7) is 7.23. The second-order valence-electron chi connectivity index (χ2n) is 8.29. The van der Waals surface area contributed by atoms with Gasteiger partial charge >= 0.3 is 5.97 Å². The molecule has 1 heterocycles. The first-order chi connectivity index (χ1) is 15.8. The van der Waals surface area contributed by atoms with Gasteiger partial charge in [0, 0.05) is 36.6 Å². The Kier molecular flexibility index (Phi) is 8.42. The van der Waals surface area contributed by atoms with E-state index in [1.165, 1.54) is 11.1 Å². The van der Waals surface area contributed by atoms with Crippen molar-refractivity contribution in [1.29, 1.82) is 0 Å². The Hall–Kier alpha value is -2.96. The number of carboxylic acids is 1. The summed E-state index contributed by atoms with van der Waals surface area (Å²) in [4.78, 5) is 22.1. The molecule has 0 aliphatic heterocycles. The van der Waals surface area contributed by atoms with E-state index in [4.69, 9.17) is 21.4 Å². The highest BCUT2D eigenvalue weighted by atomic mass is 35.5. The number of benzene rings is 2. The average molecular weight is 468 g/mol. The van der Waals surface area contributed by atoms with Crippen LogP contribution in [0.15, 0.2) is 48.8 Å². The number of hydrogen-bond donors (Lipinski definition) is 1. The van der Waals surface area contributed by atoms with Gasteiger partial charge in [-0.05, 0) is 62.2 Å². The van der Waals surface area contributed by atoms with Crippen molar-refractivity contribution in [2.24, 2.45) is 0 Å². The third kappa shape index (κ3) is 6.53. The number of carboxylic acid groups (broad SMARTS) is 1. The van der Waals surface area contributed by atoms with E-state index < -0.39 is 5.97 Å². The van der Waals surface area contributed by atoms with Crippen molar-refractivity contribution in [2.45, 2.75) is 46.3 Å². The number of ether oxygens (including phenoxy) is 1. The summed E-state index contributed by atoms with van der Waals surface area (Å²) in [6.07, 6.45) is 4.70. The number of nitrogens with zero attached hydrogens (tertiary/aromatic N) is 3. The molecule has 0 atom stereocenters. The maximum Gasteiger partial charge on any atom is 0.304 e. The molecule has 6 nitrogen and oxygen atoms in total. The predicted octanol–water partition coefficient (Wildman–Crippen LogP) is 5.72. The van der Waals surface area contributed by atoms with Crippen LogP contribution in [0.5, 0.6) is 5.75 Å². The van der Waals surface area contributed by atoms with E-state index in [0.717, 1.165) is 23.1 Å². The highest BCUT2D eigenvalue weighted by Crippen LogP contribution is 2.31. The molecule has 0 unspecified atom stereocenters. The molecule has 33 heavy (non-hydrogen) atoms. The van der Waals surface area contributed by atoms with E-state index in [-0.39, 0.29) is 12.5 Å². The SMILES string of the molecule is CCc1c(CN(C)CCC(=O)O)cccc1-c1cnc(-c2ccc(OC(C)C)c(Cl)c2)nc1. The molecule has 0 aliphatic rings. The van der Waals surface area contributed by atoms with Gasteiger partial charge in [-0.2, -0.15) is 0 Å². The third-order valence-corrected chi connectivity index (χ3v) is 5.59. The van der Waals surface area contributed by atoms with Crippen LogP contribution in [0.25, 0.3) is 22.5 Å². The Labute approximate surface area is 200 Å². The number of aliphatic carboxylic acids is 1. The second-order valence-corrected chi connectivity index (χ2v) is 8.69. The lowest BCUT2D eigenvalue weighted by Crippen LogP contribution is -2.22. The summed E-state index contributed by atoms with van der Waals surface area (Å²) < 4.78 is 5.70. The minimum Gasteiger partial charge on any atom is -0.489 e. The van der Waals surface area contributed by atoms with Gasteiger partial charge in [0.05, 0.1) is 17.5 Å². The summed E-state index contributed by atoms with van der Waals surface area (Å²) in [5, 5.41) is 9.47. The lowest BCUT2D eigenvalue weighted by atomic mass is 9.95. The largest absolute Gasteiger partial charge is 0.489 e. The lowest BCUT2D eigenvalue weighted by molar-refractivity contribution is -0.137. The zero-order valence-electron chi connectivity index (χ0n) is 19.5. The number of hydrogen-bond acceptors (Lipinski definition) is 5. The summed E-state index contributed by atoms with van der Waals surface area (Å²) in [6, 6.07) is 11.8. The third-order valence-electron chi connectivity index (χ3n) is 5.29. The molecule has 0 bridgehead atoms. The number of aromatic nitrogens is 2. The number of rotatable bonds is 10. The highest BCUT2D eigenvalue weighted by Gasteiger charge is 2.13. The smallest absolute Gasteiger partial charge is 0.304 e. The molecular weight excluding hydrogens is 438 g/mol. The molecule has 1 N–H and O–H groups in total. The molecule has 7 heteroatoms. The maximum absolute atomic E-state index is 10.9. The van der Waals surface area contributed by atoms with Crippen molar-refractivity contribution in [2.75, 3.05) is 13.6 Å². The molecule has 174 valence electrons. The van der Waals surface area contributed by atoms with Crippen LogP contribution in [-0.2, 0) is 17.8 Å². The average Bonchev–Trinajstić information content (AvgIpc) is 2.79. The van der Waals surface area contributed by atoms with Crippen LogP contribution in [0, 0.1) is 0 Å². The Bertz CT molecular complexity index is 1100. The van der Waals surface area contributed by atoms with E-state index in [1.807, 2.05) is 62.5 Å². The first-order valence-electron chi connectivity index (χ1n) is 11.1. The molecule has 1 aromatic heterocycles. The number of carbonyl (C=O) groups is 1. The van der Waals surface area contributed by atoms with E-state index in [9.17, 15) is 4.79 Å². The molecule has 0 amide bonds. The van der Waals surface area contributed by atoms with Crippen LogP contribution < -0.4 is 4.74 Å². The minimum atomic E-state index is -0.785. The molecule has 0 aliphatic carbocycles. The van der Waals surface area contributed by atoms with Crippen LogP contribution >= 0.6 is 11.6 Å². The van der Waals surface area contributed by atoms with Gasteiger partial charge in [0.1, 0.15) is 5.75 Å².